The van der Waals surface area contributed by atoms with Crippen LogP contribution in [0.25, 0.3) is 0 Å². The van der Waals surface area contributed by atoms with Crippen LogP contribution in [0.5, 0.6) is 17.2 Å². The molecule has 3 aromatic carbocycles. The van der Waals surface area contributed by atoms with Gasteiger partial charge in [0, 0.05) is 0 Å². The van der Waals surface area contributed by atoms with E-state index in [1.54, 1.807) is 42.5 Å². The number of rotatable bonds is 5. The molecule has 35 heavy (non-hydrogen) atoms. The molecule has 2 aliphatic rings. The van der Waals surface area contributed by atoms with E-state index in [9.17, 15) is 13.2 Å². The van der Waals surface area contributed by atoms with Crippen molar-refractivity contribution in [3.8, 4) is 17.2 Å². The molecule has 0 aliphatic carbocycles. The molecule has 9 heteroatoms. The summed E-state index contributed by atoms with van der Waals surface area (Å²) in [5.41, 5.74) is 2.14. The monoisotopic (exact) mass is 494 g/mol. The number of carbonyl (C=O) groups excluding carboxylic acids is 1. The summed E-state index contributed by atoms with van der Waals surface area (Å²) < 4.78 is 45.5. The molecule has 1 N–H and O–H groups in total. The van der Waals surface area contributed by atoms with Gasteiger partial charge in [-0.05, 0) is 61.4 Å². The van der Waals surface area contributed by atoms with Crippen molar-refractivity contribution in [2.75, 3.05) is 24.1 Å². The van der Waals surface area contributed by atoms with Crippen molar-refractivity contribution in [3.05, 3.63) is 77.9 Å². The molecule has 182 valence electrons. The second kappa shape index (κ2) is 9.14. The fourth-order valence-corrected chi connectivity index (χ4v) is 5.65. The Kier molecular flexibility index (Phi) is 6.02. The van der Waals surface area contributed by atoms with Crippen LogP contribution >= 0.6 is 0 Å². The van der Waals surface area contributed by atoms with Gasteiger partial charge in [0.25, 0.3) is 15.9 Å². The lowest BCUT2D eigenvalue weighted by molar-refractivity contribution is -0.128. The van der Waals surface area contributed by atoms with Crippen LogP contribution in [0.1, 0.15) is 24.1 Å². The first-order valence-corrected chi connectivity index (χ1v) is 12.8. The van der Waals surface area contributed by atoms with E-state index in [0.717, 1.165) is 11.1 Å². The van der Waals surface area contributed by atoms with Crippen LogP contribution in [0, 0.1) is 6.92 Å². The van der Waals surface area contributed by atoms with E-state index >= 15 is 0 Å². The van der Waals surface area contributed by atoms with E-state index in [2.05, 4.69) is 5.32 Å². The maximum absolute atomic E-state index is 13.5. The van der Waals surface area contributed by atoms with E-state index in [0.29, 0.717) is 36.1 Å². The fraction of sp³-hybridized carbons (Fsp3) is 0.269. The molecule has 0 spiro atoms. The van der Waals surface area contributed by atoms with Crippen LogP contribution < -0.4 is 23.8 Å². The number of aryl methyl sites for hydroxylation is 1. The summed E-state index contributed by atoms with van der Waals surface area (Å²) >= 11 is 0. The number of benzene rings is 3. The molecular weight excluding hydrogens is 468 g/mol. The van der Waals surface area contributed by atoms with Crippen LogP contribution in [0.2, 0.25) is 0 Å². The fourth-order valence-electron chi connectivity index (χ4n) is 4.16. The van der Waals surface area contributed by atoms with Gasteiger partial charge in [-0.2, -0.15) is 0 Å². The first kappa shape index (κ1) is 23.0. The van der Waals surface area contributed by atoms with Crippen molar-refractivity contribution in [2.24, 2.45) is 0 Å². The highest BCUT2D eigenvalue weighted by Crippen LogP contribution is 2.38. The molecule has 0 fully saturated rings. The molecule has 5 rings (SSSR count). The smallest absolute Gasteiger partial charge is 0.264 e. The number of ether oxygens (including phenoxy) is 3. The second-order valence-corrected chi connectivity index (χ2v) is 10.4. The molecule has 3 aromatic rings. The van der Waals surface area contributed by atoms with Crippen molar-refractivity contribution in [1.29, 1.82) is 0 Å². The minimum Gasteiger partial charge on any atom is -0.486 e. The zero-order valence-electron chi connectivity index (χ0n) is 19.4. The van der Waals surface area contributed by atoms with Crippen LogP contribution in [-0.2, 0) is 14.8 Å². The van der Waals surface area contributed by atoms with Gasteiger partial charge in [-0.1, -0.05) is 30.3 Å². The van der Waals surface area contributed by atoms with Gasteiger partial charge in [-0.25, -0.2) is 8.42 Å². The summed E-state index contributed by atoms with van der Waals surface area (Å²) in [7, 11) is -3.91. The lowest BCUT2D eigenvalue weighted by atomic mass is 10.1. The molecule has 0 saturated carbocycles. The molecule has 0 unspecified atom stereocenters. The summed E-state index contributed by atoms with van der Waals surface area (Å²) in [4.78, 5) is 13.4. The third kappa shape index (κ3) is 4.51. The van der Waals surface area contributed by atoms with Crippen molar-refractivity contribution < 1.29 is 27.4 Å². The second-order valence-electron chi connectivity index (χ2n) is 8.56. The molecule has 2 heterocycles. The molecule has 1 amide bonds. The van der Waals surface area contributed by atoms with Gasteiger partial charge in [0.05, 0.1) is 23.2 Å². The Morgan fingerprint density at radius 2 is 1.69 bits per heavy atom. The number of fused-ring (bicyclic) bond motifs is 2. The largest absolute Gasteiger partial charge is 0.486 e. The summed E-state index contributed by atoms with van der Waals surface area (Å²) in [6.45, 7) is 4.55. The van der Waals surface area contributed by atoms with Gasteiger partial charge in [0.15, 0.2) is 17.6 Å². The van der Waals surface area contributed by atoms with Crippen molar-refractivity contribution in [3.63, 3.8) is 0 Å². The Hall–Kier alpha value is -3.72. The van der Waals surface area contributed by atoms with Crippen LogP contribution in [-0.4, -0.2) is 40.2 Å². The minimum atomic E-state index is -3.91. The molecule has 2 aliphatic heterocycles. The van der Waals surface area contributed by atoms with Crippen molar-refractivity contribution >= 4 is 21.6 Å². The summed E-state index contributed by atoms with van der Waals surface area (Å²) in [6, 6.07) is 18.6. The lowest BCUT2D eigenvalue weighted by Crippen LogP contribution is -2.51. The lowest BCUT2D eigenvalue weighted by Gasteiger charge is -2.35. The molecule has 0 bridgehead atoms. The first-order valence-electron chi connectivity index (χ1n) is 11.4. The van der Waals surface area contributed by atoms with Gasteiger partial charge in [0.2, 0.25) is 0 Å². The number of carbonyl (C=O) groups is 1. The highest BCUT2D eigenvalue weighted by molar-refractivity contribution is 7.92. The van der Waals surface area contributed by atoms with Crippen LogP contribution in [0.3, 0.4) is 0 Å². The number of hydrogen-bond donors (Lipinski definition) is 1. The Bertz CT molecular complexity index is 1360. The predicted molar refractivity (Wildman–Crippen MR) is 131 cm³/mol. The van der Waals surface area contributed by atoms with E-state index in [1.807, 2.05) is 38.1 Å². The van der Waals surface area contributed by atoms with Gasteiger partial charge in [0.1, 0.15) is 19.0 Å². The van der Waals surface area contributed by atoms with Gasteiger partial charge >= 0.3 is 0 Å². The number of amides is 1. The summed E-state index contributed by atoms with van der Waals surface area (Å²) in [6.07, 6.45) is -1.02. The van der Waals surface area contributed by atoms with E-state index in [-0.39, 0.29) is 17.5 Å². The summed E-state index contributed by atoms with van der Waals surface area (Å²) in [5.74, 6) is 1.23. The average Bonchev–Trinajstić information content (AvgIpc) is 2.88. The Labute approximate surface area is 204 Å². The topological polar surface area (TPSA) is 94.2 Å². The van der Waals surface area contributed by atoms with Crippen LogP contribution in [0.15, 0.2) is 71.6 Å². The standard InChI is InChI=1S/C26H26N2O6S/c1-17-8-10-22-21(14-17)28(35(30,31)20-6-4-3-5-7-20)16-25(34-22)26(29)27-18(2)19-9-11-23-24(15-19)33-13-12-32-23/h3-11,14-15,18,25H,12-13,16H2,1-2H3,(H,27,29)/t18-,25+/m1/s1. The maximum Gasteiger partial charge on any atom is 0.264 e. The zero-order valence-corrected chi connectivity index (χ0v) is 20.2. The normalized spacial score (nSPS) is 17.7. The molecule has 2 atom stereocenters. The zero-order chi connectivity index (χ0) is 24.6. The number of sulfonamides is 1. The average molecular weight is 495 g/mol. The molecule has 0 saturated heterocycles. The quantitative estimate of drug-likeness (QED) is 0.583. The predicted octanol–water partition coefficient (Wildman–Crippen LogP) is 3.60. The van der Waals surface area contributed by atoms with Crippen LogP contribution in [0.4, 0.5) is 5.69 Å². The Morgan fingerprint density at radius 1 is 0.971 bits per heavy atom. The number of nitrogens with one attached hydrogen (secondary N) is 1. The highest BCUT2D eigenvalue weighted by atomic mass is 32.2. The van der Waals surface area contributed by atoms with E-state index < -0.39 is 22.0 Å². The SMILES string of the molecule is Cc1ccc2c(c1)N(S(=O)(=O)c1ccccc1)C[C@@H](C(=O)N[C@H](C)c1ccc3c(c1)OCCO3)O2. The van der Waals surface area contributed by atoms with Gasteiger partial charge in [-0.15, -0.1) is 0 Å². The third-order valence-corrected chi connectivity index (χ3v) is 7.83. The molecular formula is C26H26N2O6S. The Balaban J connectivity index is 1.40. The maximum atomic E-state index is 13.5. The minimum absolute atomic E-state index is 0.145. The van der Waals surface area contributed by atoms with E-state index in [4.69, 9.17) is 14.2 Å². The summed E-state index contributed by atoms with van der Waals surface area (Å²) in [5, 5.41) is 2.94. The number of nitrogens with zero attached hydrogens (tertiary/aromatic N) is 1. The van der Waals surface area contributed by atoms with E-state index in [1.165, 1.54) is 4.31 Å². The van der Waals surface area contributed by atoms with Crippen molar-refractivity contribution in [1.82, 2.24) is 5.32 Å². The number of hydrogen-bond acceptors (Lipinski definition) is 6. The highest BCUT2D eigenvalue weighted by Gasteiger charge is 2.38. The van der Waals surface area contributed by atoms with Gasteiger partial charge in [-0.3, -0.25) is 9.10 Å². The van der Waals surface area contributed by atoms with Crippen molar-refractivity contribution in [2.45, 2.75) is 30.9 Å². The molecule has 0 aromatic heterocycles. The molecule has 0 radical (unpaired) electrons. The molecule has 8 nitrogen and oxygen atoms in total. The third-order valence-electron chi connectivity index (χ3n) is 6.03. The van der Waals surface area contributed by atoms with Gasteiger partial charge < -0.3 is 19.5 Å². The first-order chi connectivity index (χ1) is 16.8. The number of anilines is 1. The Morgan fingerprint density at radius 3 is 2.46 bits per heavy atom.